The van der Waals surface area contributed by atoms with Gasteiger partial charge in [0.25, 0.3) is 5.91 Å². The van der Waals surface area contributed by atoms with Crippen LogP contribution in [0.3, 0.4) is 0 Å². The van der Waals surface area contributed by atoms with E-state index in [4.69, 9.17) is 0 Å². The van der Waals surface area contributed by atoms with Gasteiger partial charge >= 0.3 is 6.03 Å². The number of urea groups is 1. The molecule has 0 radical (unpaired) electrons. The van der Waals surface area contributed by atoms with Crippen molar-refractivity contribution in [1.29, 1.82) is 0 Å². The molecule has 2 N–H and O–H groups in total. The number of anilines is 1. The number of rotatable bonds is 3. The molecule has 1 aliphatic heterocycles. The lowest BCUT2D eigenvalue weighted by Gasteiger charge is -2.46. The zero-order valence-electron chi connectivity index (χ0n) is 13.8. The van der Waals surface area contributed by atoms with E-state index < -0.39 is 0 Å². The third-order valence-corrected chi connectivity index (χ3v) is 4.39. The standard InChI is InChI=1S/C19H21N3O2/c1-13-12-22(17(13)14-6-4-3-5-7-14)19(24)21-16-10-8-15(9-11-16)18(23)20-2/h3-11,13,17H,12H2,1-2H3,(H,20,23)(H,21,24)/t13-,17-/m0/s1. The molecule has 1 aliphatic rings. The first kappa shape index (κ1) is 16.1. The van der Waals surface area contributed by atoms with Gasteiger partial charge in [-0.25, -0.2) is 4.79 Å². The fraction of sp³-hybridized carbons (Fsp3) is 0.263. The third-order valence-electron chi connectivity index (χ3n) is 4.39. The van der Waals surface area contributed by atoms with Gasteiger partial charge in [-0.15, -0.1) is 0 Å². The molecule has 2 aromatic rings. The van der Waals surface area contributed by atoms with Crippen LogP contribution < -0.4 is 10.6 Å². The molecule has 0 aliphatic carbocycles. The SMILES string of the molecule is CNC(=O)c1ccc(NC(=O)N2C[C@H](C)[C@H]2c2ccccc2)cc1. The molecule has 5 heteroatoms. The minimum atomic E-state index is -0.145. The van der Waals surface area contributed by atoms with Gasteiger partial charge in [0.15, 0.2) is 0 Å². The average Bonchev–Trinajstić information content (AvgIpc) is 2.60. The number of carbonyl (C=O) groups excluding carboxylic acids is 2. The minimum absolute atomic E-state index is 0.108. The van der Waals surface area contributed by atoms with Gasteiger partial charge in [-0.1, -0.05) is 37.3 Å². The predicted octanol–water partition coefficient (Wildman–Crippen LogP) is 3.27. The predicted molar refractivity (Wildman–Crippen MR) is 93.9 cm³/mol. The third kappa shape index (κ3) is 3.11. The van der Waals surface area contributed by atoms with Crippen LogP contribution in [0.4, 0.5) is 10.5 Å². The number of nitrogens with zero attached hydrogens (tertiary/aromatic N) is 1. The Morgan fingerprint density at radius 2 is 1.71 bits per heavy atom. The van der Waals surface area contributed by atoms with Crippen molar-refractivity contribution in [1.82, 2.24) is 10.2 Å². The second-order valence-electron chi connectivity index (χ2n) is 6.07. The van der Waals surface area contributed by atoms with Gasteiger partial charge < -0.3 is 15.5 Å². The van der Waals surface area contributed by atoms with E-state index in [9.17, 15) is 9.59 Å². The van der Waals surface area contributed by atoms with Gasteiger partial charge in [-0.05, 0) is 35.7 Å². The molecule has 1 fully saturated rings. The van der Waals surface area contributed by atoms with Gasteiger partial charge in [0.1, 0.15) is 0 Å². The van der Waals surface area contributed by atoms with Crippen molar-refractivity contribution in [2.24, 2.45) is 5.92 Å². The van der Waals surface area contributed by atoms with Crippen LogP contribution >= 0.6 is 0 Å². The maximum atomic E-state index is 12.5. The van der Waals surface area contributed by atoms with Gasteiger partial charge in [0.05, 0.1) is 6.04 Å². The number of benzene rings is 2. The van der Waals surface area contributed by atoms with Crippen molar-refractivity contribution in [2.75, 3.05) is 18.9 Å². The Labute approximate surface area is 141 Å². The van der Waals surface area contributed by atoms with Crippen molar-refractivity contribution >= 4 is 17.6 Å². The summed E-state index contributed by atoms with van der Waals surface area (Å²) < 4.78 is 0. The average molecular weight is 323 g/mol. The summed E-state index contributed by atoms with van der Waals surface area (Å²) in [5.41, 5.74) is 2.40. The van der Waals surface area contributed by atoms with Crippen molar-refractivity contribution < 1.29 is 9.59 Å². The van der Waals surface area contributed by atoms with Crippen LogP contribution in [0.15, 0.2) is 54.6 Å². The van der Waals surface area contributed by atoms with Crippen LogP contribution in [0.2, 0.25) is 0 Å². The normalized spacial score (nSPS) is 19.3. The molecule has 1 saturated heterocycles. The number of hydrogen-bond acceptors (Lipinski definition) is 2. The highest BCUT2D eigenvalue weighted by molar-refractivity contribution is 5.95. The highest BCUT2D eigenvalue weighted by Crippen LogP contribution is 2.38. The molecule has 3 rings (SSSR count). The summed E-state index contributed by atoms with van der Waals surface area (Å²) in [6.07, 6.45) is 0. The summed E-state index contributed by atoms with van der Waals surface area (Å²) in [5, 5.41) is 5.48. The molecule has 3 amide bonds. The summed E-state index contributed by atoms with van der Waals surface area (Å²) in [6.45, 7) is 2.89. The van der Waals surface area contributed by atoms with E-state index in [-0.39, 0.29) is 18.0 Å². The molecule has 2 aromatic carbocycles. The van der Waals surface area contributed by atoms with Gasteiger partial charge in [-0.3, -0.25) is 4.79 Å². The van der Waals surface area contributed by atoms with Crippen molar-refractivity contribution in [2.45, 2.75) is 13.0 Å². The van der Waals surface area contributed by atoms with E-state index in [1.165, 1.54) is 0 Å². The summed E-state index contributed by atoms with van der Waals surface area (Å²) in [5.74, 6) is 0.294. The fourth-order valence-electron chi connectivity index (χ4n) is 3.11. The van der Waals surface area contributed by atoms with Crippen LogP contribution in [0.5, 0.6) is 0 Å². The number of amides is 3. The van der Waals surface area contributed by atoms with Crippen LogP contribution in [0.25, 0.3) is 0 Å². The molecular weight excluding hydrogens is 302 g/mol. The Balaban J connectivity index is 1.68. The lowest BCUT2D eigenvalue weighted by Crippen LogP contribution is -2.53. The Bertz CT molecular complexity index is 728. The van der Waals surface area contributed by atoms with E-state index in [0.717, 1.165) is 12.1 Å². The van der Waals surface area contributed by atoms with E-state index in [1.54, 1.807) is 31.3 Å². The van der Waals surface area contributed by atoms with Gasteiger partial charge in [0, 0.05) is 24.8 Å². The van der Waals surface area contributed by atoms with E-state index in [0.29, 0.717) is 17.2 Å². The second kappa shape index (κ2) is 6.74. The molecule has 124 valence electrons. The molecule has 24 heavy (non-hydrogen) atoms. The highest BCUT2D eigenvalue weighted by atomic mass is 16.2. The van der Waals surface area contributed by atoms with Crippen LogP contribution in [-0.2, 0) is 0 Å². The summed E-state index contributed by atoms with van der Waals surface area (Å²) in [4.78, 5) is 25.9. The lowest BCUT2D eigenvalue weighted by atomic mass is 9.85. The van der Waals surface area contributed by atoms with Crippen LogP contribution in [0.1, 0.15) is 28.9 Å². The smallest absolute Gasteiger partial charge is 0.322 e. The molecule has 0 spiro atoms. The van der Waals surface area contributed by atoms with Crippen LogP contribution in [-0.4, -0.2) is 30.4 Å². The monoisotopic (exact) mass is 323 g/mol. The first-order valence-corrected chi connectivity index (χ1v) is 8.05. The number of nitrogens with one attached hydrogen (secondary N) is 2. The number of carbonyl (C=O) groups is 2. The minimum Gasteiger partial charge on any atom is -0.355 e. The van der Waals surface area contributed by atoms with Gasteiger partial charge in [0.2, 0.25) is 0 Å². The second-order valence-corrected chi connectivity index (χ2v) is 6.07. The van der Waals surface area contributed by atoms with Crippen molar-refractivity contribution in [3.8, 4) is 0 Å². The maximum absolute atomic E-state index is 12.5. The molecule has 0 saturated carbocycles. The Kier molecular flexibility index (Phi) is 4.51. The number of likely N-dealkylation sites (tertiary alicyclic amines) is 1. The maximum Gasteiger partial charge on any atom is 0.322 e. The summed E-state index contributed by atoms with van der Waals surface area (Å²) >= 11 is 0. The van der Waals surface area contributed by atoms with E-state index >= 15 is 0 Å². The van der Waals surface area contributed by atoms with Gasteiger partial charge in [-0.2, -0.15) is 0 Å². The fourth-order valence-corrected chi connectivity index (χ4v) is 3.11. The highest BCUT2D eigenvalue weighted by Gasteiger charge is 2.39. The quantitative estimate of drug-likeness (QED) is 0.910. The Hall–Kier alpha value is -2.82. The van der Waals surface area contributed by atoms with E-state index in [1.807, 2.05) is 23.1 Å². The Morgan fingerprint density at radius 3 is 2.29 bits per heavy atom. The van der Waals surface area contributed by atoms with Crippen LogP contribution in [0, 0.1) is 5.92 Å². The summed E-state index contributed by atoms with van der Waals surface area (Å²) in [7, 11) is 1.59. The molecule has 0 bridgehead atoms. The number of hydrogen-bond donors (Lipinski definition) is 2. The Morgan fingerprint density at radius 1 is 1.04 bits per heavy atom. The van der Waals surface area contributed by atoms with Crippen molar-refractivity contribution in [3.63, 3.8) is 0 Å². The van der Waals surface area contributed by atoms with Crippen molar-refractivity contribution in [3.05, 3.63) is 65.7 Å². The summed E-state index contributed by atoms with van der Waals surface area (Å²) in [6, 6.07) is 16.9. The molecule has 0 unspecified atom stereocenters. The molecule has 5 nitrogen and oxygen atoms in total. The zero-order valence-corrected chi connectivity index (χ0v) is 13.8. The first-order valence-electron chi connectivity index (χ1n) is 8.05. The molecule has 0 aromatic heterocycles. The van der Waals surface area contributed by atoms with E-state index in [2.05, 4.69) is 29.7 Å². The largest absolute Gasteiger partial charge is 0.355 e. The first-order chi connectivity index (χ1) is 11.6. The topological polar surface area (TPSA) is 61.4 Å². The molecule has 2 atom stereocenters. The molecule has 1 heterocycles. The zero-order chi connectivity index (χ0) is 17.1. The lowest BCUT2D eigenvalue weighted by molar-refractivity contribution is 0.0671. The molecular formula is C19H21N3O2.